The predicted molar refractivity (Wildman–Crippen MR) is 121 cm³/mol. The number of hydrazone groups is 1. The Morgan fingerprint density at radius 3 is 2.14 bits per heavy atom. The first-order chi connectivity index (χ1) is 14.3. The maximum Gasteiger partial charge on any atom is 0.0872 e. The Labute approximate surface area is 172 Å². The van der Waals surface area contributed by atoms with Crippen molar-refractivity contribution in [1.29, 1.82) is 0 Å². The number of rotatable bonds is 3. The molecule has 144 valence electrons. The van der Waals surface area contributed by atoms with E-state index >= 15 is 0 Å². The van der Waals surface area contributed by atoms with Crippen molar-refractivity contribution in [3.63, 3.8) is 0 Å². The van der Waals surface area contributed by atoms with Crippen molar-refractivity contribution in [2.24, 2.45) is 11.0 Å². The van der Waals surface area contributed by atoms with Gasteiger partial charge in [0, 0.05) is 19.0 Å². The first-order valence-corrected chi connectivity index (χ1v) is 10.2. The molecule has 29 heavy (non-hydrogen) atoms. The van der Waals surface area contributed by atoms with Crippen molar-refractivity contribution in [1.82, 2.24) is 4.90 Å². The minimum Gasteiger partial charge on any atom is -0.301 e. The molecule has 0 N–H and O–H groups in total. The molecule has 0 amide bonds. The molecule has 0 saturated carbocycles. The van der Waals surface area contributed by atoms with Crippen LogP contribution >= 0.6 is 0 Å². The third kappa shape index (κ3) is 3.50. The standard InChI is InChI=1S/C26H25N3/c1-28-18-22(17-20-11-5-2-6-12-20)25-24(19-28)26(21-13-7-3-8-14-21)29(27-25)23-15-9-4-10-16-23/h2-17,24,26H,18-19H2,1H3/b22-17-/t24-,26-/m1/s1. The molecule has 0 bridgehead atoms. The number of fused-ring (bicyclic) bond motifs is 1. The molecule has 3 nitrogen and oxygen atoms in total. The molecule has 3 heteroatoms. The van der Waals surface area contributed by atoms with Gasteiger partial charge in [0.25, 0.3) is 0 Å². The molecule has 2 atom stereocenters. The highest BCUT2D eigenvalue weighted by molar-refractivity contribution is 6.08. The molecular weight excluding hydrogens is 354 g/mol. The van der Waals surface area contributed by atoms with Crippen LogP contribution in [0.25, 0.3) is 6.08 Å². The van der Waals surface area contributed by atoms with Gasteiger partial charge < -0.3 is 4.90 Å². The van der Waals surface area contributed by atoms with Gasteiger partial charge >= 0.3 is 0 Å². The number of hydrogen-bond donors (Lipinski definition) is 0. The van der Waals surface area contributed by atoms with E-state index in [0.717, 1.165) is 18.8 Å². The summed E-state index contributed by atoms with van der Waals surface area (Å²) >= 11 is 0. The van der Waals surface area contributed by atoms with E-state index in [1.54, 1.807) is 0 Å². The van der Waals surface area contributed by atoms with Crippen LogP contribution in [0.2, 0.25) is 0 Å². The van der Waals surface area contributed by atoms with Gasteiger partial charge in [0.1, 0.15) is 0 Å². The van der Waals surface area contributed by atoms with Crippen LogP contribution in [-0.2, 0) is 0 Å². The third-order valence-corrected chi connectivity index (χ3v) is 5.79. The molecule has 0 spiro atoms. The summed E-state index contributed by atoms with van der Waals surface area (Å²) in [5.74, 6) is 0.339. The molecule has 1 saturated heterocycles. The van der Waals surface area contributed by atoms with E-state index in [1.165, 1.54) is 22.4 Å². The number of benzene rings is 3. The van der Waals surface area contributed by atoms with Gasteiger partial charge in [-0.3, -0.25) is 5.01 Å². The van der Waals surface area contributed by atoms with Crippen LogP contribution in [0.5, 0.6) is 0 Å². The SMILES string of the molecule is CN1C/C(=C/c2ccccc2)C2=NN(c3ccccc3)[C@H](c3ccccc3)[C@@H]2C1. The number of piperidine rings is 1. The minimum absolute atomic E-state index is 0.204. The molecular formula is C26H25N3. The fraction of sp³-hybridized carbons (Fsp3) is 0.192. The molecule has 3 aromatic carbocycles. The van der Waals surface area contributed by atoms with Gasteiger partial charge in [0.2, 0.25) is 0 Å². The normalized spacial score (nSPS) is 23.1. The molecule has 0 aromatic heterocycles. The number of para-hydroxylation sites is 1. The topological polar surface area (TPSA) is 18.8 Å². The summed E-state index contributed by atoms with van der Waals surface area (Å²) in [6, 6.07) is 32.1. The zero-order valence-electron chi connectivity index (χ0n) is 16.6. The van der Waals surface area contributed by atoms with Gasteiger partial charge in [-0.25, -0.2) is 0 Å². The third-order valence-electron chi connectivity index (χ3n) is 5.79. The van der Waals surface area contributed by atoms with Gasteiger partial charge in [0.15, 0.2) is 0 Å². The number of nitrogens with zero attached hydrogens (tertiary/aromatic N) is 3. The molecule has 0 aliphatic carbocycles. The summed E-state index contributed by atoms with van der Waals surface area (Å²) in [6.45, 7) is 1.93. The van der Waals surface area contributed by atoms with E-state index < -0.39 is 0 Å². The fourth-order valence-corrected chi connectivity index (χ4v) is 4.53. The lowest BCUT2D eigenvalue weighted by atomic mass is 9.83. The highest BCUT2D eigenvalue weighted by Gasteiger charge is 2.43. The molecule has 0 unspecified atom stereocenters. The summed E-state index contributed by atoms with van der Waals surface area (Å²) in [5.41, 5.74) is 6.23. The Kier molecular flexibility index (Phi) is 4.74. The summed E-state index contributed by atoms with van der Waals surface area (Å²) in [7, 11) is 2.21. The Hall–Kier alpha value is -3.17. The van der Waals surface area contributed by atoms with Crippen LogP contribution in [0.3, 0.4) is 0 Å². The Bertz CT molecular complexity index is 1030. The average Bonchev–Trinajstić information content (AvgIpc) is 3.15. The second kappa shape index (κ2) is 7.69. The lowest BCUT2D eigenvalue weighted by molar-refractivity contribution is 0.303. The van der Waals surface area contributed by atoms with E-state index in [2.05, 4.69) is 114 Å². The van der Waals surface area contributed by atoms with Gasteiger partial charge in [-0.05, 0) is 42.0 Å². The van der Waals surface area contributed by atoms with E-state index in [9.17, 15) is 0 Å². The molecule has 5 rings (SSSR count). The summed E-state index contributed by atoms with van der Waals surface area (Å²) < 4.78 is 0. The summed E-state index contributed by atoms with van der Waals surface area (Å²) in [6.07, 6.45) is 2.30. The van der Waals surface area contributed by atoms with Crippen molar-refractivity contribution in [2.75, 3.05) is 25.1 Å². The van der Waals surface area contributed by atoms with Crippen molar-refractivity contribution in [3.8, 4) is 0 Å². The molecule has 2 aliphatic rings. The van der Waals surface area contributed by atoms with Gasteiger partial charge in [-0.1, -0.05) is 78.9 Å². The van der Waals surface area contributed by atoms with Crippen LogP contribution in [-0.4, -0.2) is 30.7 Å². The Morgan fingerprint density at radius 2 is 1.45 bits per heavy atom. The van der Waals surface area contributed by atoms with Crippen molar-refractivity contribution < 1.29 is 0 Å². The van der Waals surface area contributed by atoms with Crippen LogP contribution in [0, 0.1) is 5.92 Å². The van der Waals surface area contributed by atoms with Crippen LogP contribution in [0.4, 0.5) is 5.69 Å². The second-order valence-electron chi connectivity index (χ2n) is 7.90. The summed E-state index contributed by atoms with van der Waals surface area (Å²) in [4.78, 5) is 2.42. The maximum atomic E-state index is 5.21. The van der Waals surface area contributed by atoms with Crippen LogP contribution in [0.1, 0.15) is 17.2 Å². The first-order valence-electron chi connectivity index (χ1n) is 10.2. The Balaban J connectivity index is 1.62. The van der Waals surface area contributed by atoms with Gasteiger partial charge in [-0.2, -0.15) is 5.10 Å². The Morgan fingerprint density at radius 1 is 0.828 bits per heavy atom. The molecule has 0 radical (unpaired) electrons. The highest BCUT2D eigenvalue weighted by atomic mass is 15.5. The molecule has 3 aromatic rings. The molecule has 1 fully saturated rings. The molecule has 2 heterocycles. The second-order valence-corrected chi connectivity index (χ2v) is 7.90. The van der Waals surface area contributed by atoms with Crippen LogP contribution in [0.15, 0.2) is 102 Å². The zero-order valence-corrected chi connectivity index (χ0v) is 16.6. The van der Waals surface area contributed by atoms with Crippen molar-refractivity contribution in [2.45, 2.75) is 6.04 Å². The van der Waals surface area contributed by atoms with Gasteiger partial charge in [-0.15, -0.1) is 0 Å². The summed E-state index contributed by atoms with van der Waals surface area (Å²) in [5, 5.41) is 7.43. The molecule has 2 aliphatic heterocycles. The van der Waals surface area contributed by atoms with E-state index in [4.69, 9.17) is 5.10 Å². The number of anilines is 1. The zero-order chi connectivity index (χ0) is 19.6. The van der Waals surface area contributed by atoms with Crippen molar-refractivity contribution in [3.05, 3.63) is 108 Å². The number of likely N-dealkylation sites (N-methyl/N-ethyl adjacent to an activating group) is 1. The van der Waals surface area contributed by atoms with Gasteiger partial charge in [0.05, 0.1) is 17.4 Å². The maximum absolute atomic E-state index is 5.21. The quantitative estimate of drug-likeness (QED) is 0.619. The van der Waals surface area contributed by atoms with E-state index in [-0.39, 0.29) is 6.04 Å². The average molecular weight is 380 g/mol. The van der Waals surface area contributed by atoms with Crippen LogP contribution < -0.4 is 5.01 Å². The van der Waals surface area contributed by atoms with Crippen molar-refractivity contribution >= 4 is 17.5 Å². The lowest BCUT2D eigenvalue weighted by Gasteiger charge is -2.34. The minimum atomic E-state index is 0.204. The smallest absolute Gasteiger partial charge is 0.0872 e. The van der Waals surface area contributed by atoms with E-state index in [1.807, 2.05) is 0 Å². The first kappa shape index (κ1) is 17.9. The number of hydrogen-bond acceptors (Lipinski definition) is 3. The number of likely N-dealkylation sites (tertiary alicyclic amines) is 1. The largest absolute Gasteiger partial charge is 0.301 e. The monoisotopic (exact) mass is 379 g/mol. The fourth-order valence-electron chi connectivity index (χ4n) is 4.53. The lowest BCUT2D eigenvalue weighted by Crippen LogP contribution is -2.41. The highest BCUT2D eigenvalue weighted by Crippen LogP contribution is 2.42. The van der Waals surface area contributed by atoms with E-state index in [0.29, 0.717) is 5.92 Å². The predicted octanol–water partition coefficient (Wildman–Crippen LogP) is 5.25.